The first-order valence-electron chi connectivity index (χ1n) is 5.86. The molecule has 5 heteroatoms. The molecule has 2 nitrogen and oxygen atoms in total. The van der Waals surface area contributed by atoms with Crippen LogP contribution in [0.1, 0.15) is 26.7 Å². The molecule has 1 aromatic carbocycles. The third-order valence-electron chi connectivity index (χ3n) is 2.26. The number of benzene rings is 1. The molecular weight excluding hydrogens is 258 g/mol. The number of esters is 1. The molecule has 0 fully saturated rings. The van der Waals surface area contributed by atoms with Gasteiger partial charge in [0.1, 0.15) is 16.9 Å². The van der Waals surface area contributed by atoms with Crippen LogP contribution in [0.4, 0.5) is 8.78 Å². The highest BCUT2D eigenvalue weighted by molar-refractivity contribution is 8.00. The predicted octanol–water partition coefficient (Wildman–Crippen LogP) is 3.79. The van der Waals surface area contributed by atoms with Gasteiger partial charge in [-0.25, -0.2) is 8.78 Å². The fourth-order valence-electron chi connectivity index (χ4n) is 1.45. The maximum atomic E-state index is 13.5. The van der Waals surface area contributed by atoms with Crippen LogP contribution in [-0.2, 0) is 9.53 Å². The van der Waals surface area contributed by atoms with Crippen molar-refractivity contribution in [3.63, 3.8) is 0 Å². The van der Waals surface area contributed by atoms with Crippen molar-refractivity contribution in [2.75, 3.05) is 6.61 Å². The van der Waals surface area contributed by atoms with Gasteiger partial charge in [-0.15, -0.1) is 11.8 Å². The third-order valence-corrected chi connectivity index (χ3v) is 3.56. The van der Waals surface area contributed by atoms with E-state index in [1.807, 2.05) is 6.92 Å². The van der Waals surface area contributed by atoms with Gasteiger partial charge in [0.05, 0.1) is 6.61 Å². The van der Waals surface area contributed by atoms with Crippen LogP contribution in [0.15, 0.2) is 23.1 Å². The molecule has 0 bridgehead atoms. The molecule has 0 saturated carbocycles. The third kappa shape index (κ3) is 4.29. The van der Waals surface area contributed by atoms with Gasteiger partial charge in [0, 0.05) is 11.0 Å². The lowest BCUT2D eigenvalue weighted by atomic mass is 10.2. The number of thioether (sulfide) groups is 1. The summed E-state index contributed by atoms with van der Waals surface area (Å²) in [5.41, 5.74) is 0. The van der Waals surface area contributed by atoms with Gasteiger partial charge < -0.3 is 4.74 Å². The molecule has 1 rings (SSSR count). The van der Waals surface area contributed by atoms with Gasteiger partial charge in [-0.1, -0.05) is 13.3 Å². The van der Waals surface area contributed by atoms with Crippen LogP contribution in [0, 0.1) is 11.6 Å². The molecule has 0 aliphatic carbocycles. The van der Waals surface area contributed by atoms with E-state index in [1.54, 1.807) is 6.92 Å². The fourth-order valence-corrected chi connectivity index (χ4v) is 2.59. The van der Waals surface area contributed by atoms with Gasteiger partial charge in [-0.2, -0.15) is 0 Å². The number of carbonyl (C=O) groups excluding carboxylic acids is 1. The minimum absolute atomic E-state index is 0.267. The predicted molar refractivity (Wildman–Crippen MR) is 67.5 cm³/mol. The van der Waals surface area contributed by atoms with Gasteiger partial charge in [0.15, 0.2) is 0 Å². The molecule has 18 heavy (non-hydrogen) atoms. The summed E-state index contributed by atoms with van der Waals surface area (Å²) in [7, 11) is 0. The quantitative estimate of drug-likeness (QED) is 0.583. The zero-order valence-corrected chi connectivity index (χ0v) is 11.2. The smallest absolute Gasteiger partial charge is 0.319 e. The summed E-state index contributed by atoms with van der Waals surface area (Å²) >= 11 is 1.08. The van der Waals surface area contributed by atoms with Crippen LogP contribution >= 0.6 is 11.8 Å². The standard InChI is InChI=1S/C13H16F2O2S/c1-3-5-12(13(16)17-4-2)18-11-7-6-9(14)8-10(11)15/h6-8,12H,3-5H2,1-2H3. The Labute approximate surface area is 110 Å². The van der Waals surface area contributed by atoms with Crippen LogP contribution in [-0.4, -0.2) is 17.8 Å². The number of ether oxygens (including phenoxy) is 1. The second-order valence-electron chi connectivity index (χ2n) is 3.72. The number of hydrogen-bond donors (Lipinski definition) is 0. The number of carbonyl (C=O) groups is 1. The van der Waals surface area contributed by atoms with Crippen molar-refractivity contribution in [1.82, 2.24) is 0 Å². The summed E-state index contributed by atoms with van der Waals surface area (Å²) in [6.07, 6.45) is 1.39. The molecule has 0 aromatic heterocycles. The summed E-state index contributed by atoms with van der Waals surface area (Å²) in [4.78, 5) is 11.9. The topological polar surface area (TPSA) is 26.3 Å². The van der Waals surface area contributed by atoms with Crippen LogP contribution in [0.2, 0.25) is 0 Å². The minimum Gasteiger partial charge on any atom is -0.465 e. The Morgan fingerprint density at radius 2 is 2.11 bits per heavy atom. The number of hydrogen-bond acceptors (Lipinski definition) is 3. The highest BCUT2D eigenvalue weighted by atomic mass is 32.2. The Morgan fingerprint density at radius 3 is 2.67 bits per heavy atom. The Balaban J connectivity index is 2.79. The summed E-state index contributed by atoms with van der Waals surface area (Å²) in [5.74, 6) is -1.63. The van der Waals surface area contributed by atoms with Gasteiger partial charge >= 0.3 is 5.97 Å². The molecule has 1 aromatic rings. The van der Waals surface area contributed by atoms with E-state index in [2.05, 4.69) is 0 Å². The van der Waals surface area contributed by atoms with Crippen molar-refractivity contribution in [1.29, 1.82) is 0 Å². The van der Waals surface area contributed by atoms with Gasteiger partial charge in [-0.3, -0.25) is 4.79 Å². The zero-order valence-electron chi connectivity index (χ0n) is 10.4. The highest BCUT2D eigenvalue weighted by Gasteiger charge is 2.21. The van der Waals surface area contributed by atoms with E-state index in [0.29, 0.717) is 13.0 Å². The lowest BCUT2D eigenvalue weighted by Gasteiger charge is -2.14. The molecule has 0 N–H and O–H groups in total. The van der Waals surface area contributed by atoms with Crippen LogP contribution < -0.4 is 0 Å². The lowest BCUT2D eigenvalue weighted by Crippen LogP contribution is -2.20. The second kappa shape index (κ2) is 7.36. The fraction of sp³-hybridized carbons (Fsp3) is 0.462. The molecule has 0 radical (unpaired) electrons. The Bertz CT molecular complexity index is 410. The molecule has 1 unspecified atom stereocenters. The SMILES string of the molecule is CCCC(Sc1ccc(F)cc1F)C(=O)OCC. The monoisotopic (exact) mass is 274 g/mol. The first kappa shape index (κ1) is 15.0. The Hall–Kier alpha value is -1.10. The molecule has 0 saturated heterocycles. The highest BCUT2D eigenvalue weighted by Crippen LogP contribution is 2.29. The van der Waals surface area contributed by atoms with Crippen LogP contribution in [0.3, 0.4) is 0 Å². The molecule has 0 aliphatic heterocycles. The molecule has 0 heterocycles. The van der Waals surface area contributed by atoms with Crippen molar-refractivity contribution in [2.45, 2.75) is 36.8 Å². The summed E-state index contributed by atoms with van der Waals surface area (Å²) in [6.45, 7) is 3.96. The summed E-state index contributed by atoms with van der Waals surface area (Å²) < 4.78 is 31.2. The zero-order chi connectivity index (χ0) is 13.5. The molecule has 0 amide bonds. The average molecular weight is 274 g/mol. The first-order chi connectivity index (χ1) is 8.58. The Morgan fingerprint density at radius 1 is 1.39 bits per heavy atom. The molecule has 100 valence electrons. The maximum absolute atomic E-state index is 13.5. The molecule has 0 spiro atoms. The second-order valence-corrected chi connectivity index (χ2v) is 4.97. The van der Waals surface area contributed by atoms with E-state index in [-0.39, 0.29) is 10.9 Å². The minimum atomic E-state index is -0.648. The van der Waals surface area contributed by atoms with E-state index in [0.717, 1.165) is 24.2 Å². The normalized spacial score (nSPS) is 12.2. The van der Waals surface area contributed by atoms with Crippen molar-refractivity contribution in [3.05, 3.63) is 29.8 Å². The average Bonchev–Trinajstić information content (AvgIpc) is 2.32. The van der Waals surface area contributed by atoms with Gasteiger partial charge in [-0.05, 0) is 25.5 Å². The largest absolute Gasteiger partial charge is 0.465 e. The number of halogens is 2. The van der Waals surface area contributed by atoms with Crippen molar-refractivity contribution < 1.29 is 18.3 Å². The van der Waals surface area contributed by atoms with Crippen molar-refractivity contribution >= 4 is 17.7 Å². The molecule has 0 aliphatic rings. The van der Waals surface area contributed by atoms with Crippen molar-refractivity contribution in [2.24, 2.45) is 0 Å². The van der Waals surface area contributed by atoms with Crippen molar-refractivity contribution in [3.8, 4) is 0 Å². The van der Waals surface area contributed by atoms with E-state index >= 15 is 0 Å². The maximum Gasteiger partial charge on any atom is 0.319 e. The molecule has 1 atom stereocenters. The lowest BCUT2D eigenvalue weighted by molar-refractivity contribution is -0.142. The van der Waals surface area contributed by atoms with E-state index in [9.17, 15) is 13.6 Å². The first-order valence-corrected chi connectivity index (χ1v) is 6.74. The van der Waals surface area contributed by atoms with E-state index in [1.165, 1.54) is 12.1 Å². The Kier molecular flexibility index (Phi) is 6.12. The van der Waals surface area contributed by atoms with Gasteiger partial charge in [0.2, 0.25) is 0 Å². The van der Waals surface area contributed by atoms with Gasteiger partial charge in [0.25, 0.3) is 0 Å². The molecular formula is C13H16F2O2S. The van der Waals surface area contributed by atoms with Crippen LogP contribution in [0.25, 0.3) is 0 Å². The van der Waals surface area contributed by atoms with E-state index in [4.69, 9.17) is 4.74 Å². The summed E-state index contributed by atoms with van der Waals surface area (Å²) in [5, 5.41) is -0.449. The van der Waals surface area contributed by atoms with Crippen LogP contribution in [0.5, 0.6) is 0 Å². The van der Waals surface area contributed by atoms with E-state index < -0.39 is 16.9 Å². The number of rotatable bonds is 6. The summed E-state index contributed by atoms with van der Waals surface area (Å²) in [6, 6.07) is 3.34.